The molecule has 1 aromatic carbocycles. The first-order valence-corrected chi connectivity index (χ1v) is 18.4. The number of thiazole rings is 2. The number of aromatic nitrogens is 2. The van der Waals surface area contributed by atoms with E-state index in [4.69, 9.17) is 0 Å². The lowest BCUT2D eigenvalue weighted by molar-refractivity contribution is -0.134. The predicted molar refractivity (Wildman–Crippen MR) is 183 cm³/mol. The van der Waals surface area contributed by atoms with Gasteiger partial charge >= 0.3 is 0 Å². The van der Waals surface area contributed by atoms with Gasteiger partial charge in [0.2, 0.25) is 11.8 Å². The number of hydrogen-bond donors (Lipinski definition) is 4. The largest absolute Gasteiger partial charge is 0.351 e. The highest BCUT2D eigenvalue weighted by Crippen LogP contribution is 2.27. The van der Waals surface area contributed by atoms with Gasteiger partial charge in [-0.15, -0.1) is 22.7 Å². The summed E-state index contributed by atoms with van der Waals surface area (Å²) >= 11 is 2.68. The zero-order chi connectivity index (χ0) is 33.2. The topological polar surface area (TPSA) is 145 Å². The van der Waals surface area contributed by atoms with E-state index >= 15 is 0 Å². The maximum atomic E-state index is 13.5. The van der Waals surface area contributed by atoms with Crippen LogP contribution in [0.2, 0.25) is 0 Å². The van der Waals surface area contributed by atoms with Crippen LogP contribution in [-0.2, 0) is 16.0 Å². The molecule has 4 heterocycles. The van der Waals surface area contributed by atoms with Crippen LogP contribution in [0.1, 0.15) is 107 Å². The first-order valence-electron chi connectivity index (χ1n) is 16.6. The second kappa shape index (κ2) is 16.9. The Morgan fingerprint density at radius 3 is 2.28 bits per heavy atom. The van der Waals surface area contributed by atoms with Crippen LogP contribution < -0.4 is 21.3 Å². The quantitative estimate of drug-likeness (QED) is 0.313. The van der Waals surface area contributed by atoms with E-state index in [1.165, 1.54) is 22.7 Å². The summed E-state index contributed by atoms with van der Waals surface area (Å²) < 4.78 is 0. The molecule has 1 fully saturated rings. The Labute approximate surface area is 284 Å². The van der Waals surface area contributed by atoms with E-state index in [1.807, 2.05) is 35.2 Å². The van der Waals surface area contributed by atoms with Crippen molar-refractivity contribution in [1.82, 2.24) is 36.1 Å². The third kappa shape index (κ3) is 9.91. The summed E-state index contributed by atoms with van der Waals surface area (Å²) in [5.74, 6) is -0.411. The Morgan fingerprint density at radius 2 is 1.57 bits per heavy atom. The number of hydrogen-bond acceptors (Lipinski definition) is 9. The SMILES string of the molecule is CC(C)CC1NC(=O)CCCN(C(=O)[C@@H]2CCCCN2)CCCNC(=O)c2csc(n2)[C@H](Cc2ccccc2)NC(=O)c2csc1n2. The summed E-state index contributed by atoms with van der Waals surface area (Å²) in [7, 11) is 0. The average molecular weight is 680 g/mol. The van der Waals surface area contributed by atoms with Crippen LogP contribution in [0.25, 0.3) is 0 Å². The molecule has 4 bridgehead atoms. The number of fused-ring (bicyclic) bond motifs is 4. The minimum absolute atomic E-state index is 0.0496. The van der Waals surface area contributed by atoms with E-state index in [2.05, 4.69) is 45.1 Å². The lowest BCUT2D eigenvalue weighted by atomic mass is 10.0. The number of carbonyl (C=O) groups excluding carboxylic acids is 4. The monoisotopic (exact) mass is 679 g/mol. The third-order valence-corrected chi connectivity index (χ3v) is 10.3. The van der Waals surface area contributed by atoms with Crippen molar-refractivity contribution in [1.29, 1.82) is 0 Å². The van der Waals surface area contributed by atoms with Gasteiger partial charge < -0.3 is 26.2 Å². The fourth-order valence-electron chi connectivity index (χ4n) is 5.95. The van der Waals surface area contributed by atoms with Gasteiger partial charge in [0.25, 0.3) is 11.8 Å². The first kappa shape index (κ1) is 34.6. The minimum atomic E-state index is -0.477. The van der Waals surface area contributed by atoms with Gasteiger partial charge in [-0.25, -0.2) is 9.97 Å². The zero-order valence-corrected chi connectivity index (χ0v) is 28.8. The van der Waals surface area contributed by atoms with Gasteiger partial charge in [-0.2, -0.15) is 0 Å². The van der Waals surface area contributed by atoms with E-state index in [-0.39, 0.29) is 53.7 Å². The van der Waals surface area contributed by atoms with Crippen LogP contribution in [0.15, 0.2) is 41.1 Å². The average Bonchev–Trinajstić information content (AvgIpc) is 3.77. The lowest BCUT2D eigenvalue weighted by Crippen LogP contribution is -2.49. The van der Waals surface area contributed by atoms with Gasteiger partial charge in [0, 0.05) is 36.8 Å². The van der Waals surface area contributed by atoms with Gasteiger partial charge in [-0.3, -0.25) is 19.2 Å². The molecule has 0 spiro atoms. The molecule has 4 amide bonds. The number of rotatable bonds is 5. The van der Waals surface area contributed by atoms with Crippen LogP contribution in [0.4, 0.5) is 0 Å². The van der Waals surface area contributed by atoms with Gasteiger partial charge in [0.15, 0.2) is 0 Å². The van der Waals surface area contributed by atoms with Crippen molar-refractivity contribution in [3.63, 3.8) is 0 Å². The molecule has 0 saturated carbocycles. The van der Waals surface area contributed by atoms with E-state index in [9.17, 15) is 19.2 Å². The molecule has 3 atom stereocenters. The number of piperidine rings is 1. The van der Waals surface area contributed by atoms with Crippen LogP contribution in [0.3, 0.4) is 0 Å². The molecule has 11 nitrogen and oxygen atoms in total. The molecule has 13 heteroatoms. The maximum absolute atomic E-state index is 13.5. The second-order valence-electron chi connectivity index (χ2n) is 12.6. The van der Waals surface area contributed by atoms with E-state index in [0.29, 0.717) is 61.0 Å². The van der Waals surface area contributed by atoms with Crippen molar-refractivity contribution in [3.05, 3.63) is 68.1 Å². The molecule has 2 aliphatic heterocycles. The summed E-state index contributed by atoms with van der Waals surface area (Å²) in [5, 5.41) is 17.3. The summed E-state index contributed by atoms with van der Waals surface area (Å²) in [4.78, 5) is 64.4. The molecule has 5 rings (SSSR count). The molecule has 0 radical (unpaired) electrons. The fourth-order valence-corrected chi connectivity index (χ4v) is 7.67. The summed E-state index contributed by atoms with van der Waals surface area (Å²) in [5.41, 5.74) is 1.59. The van der Waals surface area contributed by atoms with Crippen LogP contribution in [0.5, 0.6) is 0 Å². The Hall–Kier alpha value is -3.68. The molecular formula is C34H45N7O4S2. The molecule has 2 aliphatic rings. The van der Waals surface area contributed by atoms with Crippen LogP contribution in [-0.4, -0.2) is 70.7 Å². The van der Waals surface area contributed by atoms with Gasteiger partial charge in [-0.1, -0.05) is 50.6 Å². The van der Waals surface area contributed by atoms with E-state index in [1.54, 1.807) is 10.8 Å². The number of benzene rings is 1. The summed E-state index contributed by atoms with van der Waals surface area (Å²) in [6, 6.07) is 8.79. The molecule has 2 aromatic heterocycles. The predicted octanol–water partition coefficient (Wildman–Crippen LogP) is 4.40. The lowest BCUT2D eigenvalue weighted by Gasteiger charge is -2.30. The molecule has 1 saturated heterocycles. The zero-order valence-electron chi connectivity index (χ0n) is 27.1. The highest BCUT2D eigenvalue weighted by molar-refractivity contribution is 7.10. The van der Waals surface area contributed by atoms with Crippen molar-refractivity contribution >= 4 is 46.3 Å². The molecular weight excluding hydrogens is 635 g/mol. The Balaban J connectivity index is 1.39. The number of nitrogens with zero attached hydrogens (tertiary/aromatic N) is 3. The molecule has 47 heavy (non-hydrogen) atoms. The van der Waals surface area contributed by atoms with Crippen molar-refractivity contribution < 1.29 is 19.2 Å². The molecule has 1 unspecified atom stereocenters. The summed E-state index contributed by atoms with van der Waals surface area (Å²) in [6.07, 6.45) is 5.39. The Bertz CT molecular complexity index is 1500. The summed E-state index contributed by atoms with van der Waals surface area (Å²) in [6.45, 7) is 6.30. The van der Waals surface area contributed by atoms with Crippen molar-refractivity contribution in [2.45, 2.75) is 83.3 Å². The standard InChI is InChI=1S/C34H45N7O4S2/c1-22(2)18-25-32-40-28(21-47-32)31(44)38-26(19-23-10-4-3-5-11-23)33-39-27(20-46-33)30(43)36-15-9-17-41(16-8-13-29(42)37-25)34(45)24-12-6-7-14-35-24/h3-5,10-11,20-22,24-26,35H,6-9,12-19H2,1-2H3,(H,36,43)(H,37,42)(H,38,44)/t24-,25?,26-/m0/s1. The molecule has 4 N–H and O–H groups in total. The van der Waals surface area contributed by atoms with Gasteiger partial charge in [0.05, 0.1) is 18.1 Å². The van der Waals surface area contributed by atoms with Crippen molar-refractivity contribution in [2.24, 2.45) is 5.92 Å². The van der Waals surface area contributed by atoms with Crippen molar-refractivity contribution in [2.75, 3.05) is 26.2 Å². The number of nitrogens with one attached hydrogen (secondary N) is 4. The van der Waals surface area contributed by atoms with E-state index in [0.717, 1.165) is 31.4 Å². The van der Waals surface area contributed by atoms with E-state index < -0.39 is 6.04 Å². The van der Waals surface area contributed by atoms with Crippen molar-refractivity contribution in [3.8, 4) is 0 Å². The molecule has 3 aromatic rings. The highest BCUT2D eigenvalue weighted by Gasteiger charge is 2.27. The minimum Gasteiger partial charge on any atom is -0.351 e. The number of carbonyl (C=O) groups is 4. The molecule has 0 aliphatic carbocycles. The van der Waals surface area contributed by atoms with Crippen LogP contribution in [0, 0.1) is 5.92 Å². The first-order chi connectivity index (χ1) is 22.8. The Morgan fingerprint density at radius 1 is 0.872 bits per heavy atom. The maximum Gasteiger partial charge on any atom is 0.271 e. The fraction of sp³-hybridized carbons (Fsp3) is 0.529. The second-order valence-corrected chi connectivity index (χ2v) is 14.4. The smallest absolute Gasteiger partial charge is 0.271 e. The molecule has 252 valence electrons. The van der Waals surface area contributed by atoms with Gasteiger partial charge in [0.1, 0.15) is 21.4 Å². The normalized spacial score (nSPS) is 22.1. The van der Waals surface area contributed by atoms with Crippen LogP contribution >= 0.6 is 22.7 Å². The number of amides is 4. The highest BCUT2D eigenvalue weighted by atomic mass is 32.1. The Kier molecular flexibility index (Phi) is 12.5. The van der Waals surface area contributed by atoms with Gasteiger partial charge in [-0.05, 0) is 56.6 Å². The third-order valence-electron chi connectivity index (χ3n) is 8.38.